The van der Waals surface area contributed by atoms with Crippen LogP contribution in [0.1, 0.15) is 50.7 Å². The Balaban J connectivity index is 0.00000361. The van der Waals surface area contributed by atoms with Crippen molar-refractivity contribution in [3.63, 3.8) is 0 Å². The van der Waals surface area contributed by atoms with E-state index < -0.39 is 0 Å². The molecule has 0 radical (unpaired) electrons. The largest absolute Gasteiger partial charge is 2.00 e. The van der Waals surface area contributed by atoms with E-state index >= 15 is 0 Å². The molecule has 5 aromatic carbocycles. The van der Waals surface area contributed by atoms with Gasteiger partial charge in [0, 0.05) is 34.2 Å². The number of nitrogens with zero attached hydrogens (tertiary/aromatic N) is 5. The zero-order valence-electron chi connectivity index (χ0n) is 28.3. The Hall–Kier alpha value is -5.25. The average molecular weight is 829 g/mol. The zero-order chi connectivity index (χ0) is 33.2. The number of hydrogen-bond donors (Lipinski definition) is 0. The summed E-state index contributed by atoms with van der Waals surface area (Å²) in [4.78, 5) is 4.82. The summed E-state index contributed by atoms with van der Waals surface area (Å²) in [6.45, 7) is 9.04. The van der Waals surface area contributed by atoms with Crippen LogP contribution in [0.4, 0.5) is 0 Å². The smallest absolute Gasteiger partial charge is 0.358 e. The molecule has 6 heteroatoms. The SMILES string of the molecule is CC(C)c1cccc(C(C)C)c1-c1cnn(-c2[c-]c(-n3c4[c-]c(-n5c6ccccc6c6cccnc65)ccc4c4ccccc43)ccc2)c1.[Pt+2]. The van der Waals surface area contributed by atoms with Gasteiger partial charge < -0.3 is 9.13 Å². The maximum Gasteiger partial charge on any atom is 2.00 e. The molecule has 50 heavy (non-hydrogen) atoms. The van der Waals surface area contributed by atoms with Crippen LogP contribution < -0.4 is 0 Å². The fraction of sp³-hybridized carbons (Fsp3) is 0.136. The average Bonchev–Trinajstić information content (AvgIpc) is 3.84. The molecular formula is C44H35N5Pt. The van der Waals surface area contributed by atoms with Crippen molar-refractivity contribution in [1.82, 2.24) is 23.9 Å². The van der Waals surface area contributed by atoms with E-state index in [1.165, 1.54) is 27.5 Å². The molecule has 0 aliphatic heterocycles. The predicted octanol–water partition coefficient (Wildman–Crippen LogP) is 11.0. The van der Waals surface area contributed by atoms with Crippen molar-refractivity contribution in [3.8, 4) is 28.2 Å². The monoisotopic (exact) mass is 828 g/mol. The number of pyridine rings is 1. The summed E-state index contributed by atoms with van der Waals surface area (Å²) in [5.41, 5.74) is 12.0. The third-order valence-corrected chi connectivity index (χ3v) is 9.74. The maximum absolute atomic E-state index is 4.87. The number of hydrogen-bond acceptors (Lipinski definition) is 2. The van der Waals surface area contributed by atoms with Crippen molar-refractivity contribution in [2.45, 2.75) is 39.5 Å². The first-order valence-corrected chi connectivity index (χ1v) is 17.0. The van der Waals surface area contributed by atoms with Crippen LogP contribution in [0.5, 0.6) is 0 Å². The fourth-order valence-corrected chi connectivity index (χ4v) is 7.48. The molecule has 0 amide bonds. The molecule has 246 valence electrons. The van der Waals surface area contributed by atoms with Crippen LogP contribution >= 0.6 is 0 Å². The van der Waals surface area contributed by atoms with Crippen LogP contribution in [-0.2, 0) is 21.1 Å². The maximum atomic E-state index is 4.87. The number of benzene rings is 5. The Kier molecular flexibility index (Phi) is 8.04. The van der Waals surface area contributed by atoms with Gasteiger partial charge in [-0.1, -0.05) is 99.2 Å². The number of fused-ring (bicyclic) bond motifs is 6. The van der Waals surface area contributed by atoms with E-state index in [-0.39, 0.29) is 21.1 Å². The van der Waals surface area contributed by atoms with Crippen LogP contribution in [0.2, 0.25) is 0 Å². The molecule has 0 aliphatic rings. The van der Waals surface area contributed by atoms with E-state index in [1.807, 2.05) is 23.1 Å². The van der Waals surface area contributed by atoms with Crippen molar-refractivity contribution < 1.29 is 21.1 Å². The fourth-order valence-electron chi connectivity index (χ4n) is 7.48. The van der Waals surface area contributed by atoms with Crippen molar-refractivity contribution in [2.24, 2.45) is 0 Å². The van der Waals surface area contributed by atoms with E-state index in [1.54, 1.807) is 0 Å². The molecule has 0 aliphatic carbocycles. The minimum absolute atomic E-state index is 0. The van der Waals surface area contributed by atoms with Crippen LogP contribution in [0.15, 0.2) is 128 Å². The van der Waals surface area contributed by atoms with Gasteiger partial charge >= 0.3 is 21.1 Å². The van der Waals surface area contributed by atoms with Gasteiger partial charge in [-0.15, -0.1) is 35.7 Å². The van der Waals surface area contributed by atoms with Crippen LogP contribution in [0.3, 0.4) is 0 Å². The second-order valence-electron chi connectivity index (χ2n) is 13.4. The third-order valence-electron chi connectivity index (χ3n) is 9.74. The van der Waals surface area contributed by atoms with Gasteiger partial charge in [-0.25, -0.2) is 4.98 Å². The van der Waals surface area contributed by atoms with Crippen LogP contribution in [0.25, 0.3) is 71.9 Å². The first-order chi connectivity index (χ1) is 24.0. The first kappa shape index (κ1) is 32.0. The van der Waals surface area contributed by atoms with Gasteiger partial charge in [-0.2, -0.15) is 17.2 Å². The molecule has 4 heterocycles. The second-order valence-corrected chi connectivity index (χ2v) is 13.4. The van der Waals surface area contributed by atoms with Gasteiger partial charge in [-0.05, 0) is 63.9 Å². The molecule has 4 aromatic heterocycles. The normalized spacial score (nSPS) is 11.8. The molecule has 0 unspecified atom stereocenters. The summed E-state index contributed by atoms with van der Waals surface area (Å²) in [5, 5.41) is 9.49. The quantitative estimate of drug-likeness (QED) is 0.157. The van der Waals surface area contributed by atoms with E-state index in [4.69, 9.17) is 10.1 Å². The molecule has 0 bridgehead atoms. The molecule has 0 fully saturated rings. The number of rotatable bonds is 6. The molecule has 0 atom stereocenters. The van der Waals surface area contributed by atoms with E-state index in [0.717, 1.165) is 55.6 Å². The van der Waals surface area contributed by atoms with Gasteiger partial charge in [0.05, 0.1) is 11.7 Å². The molecular weight excluding hydrogens is 794 g/mol. The topological polar surface area (TPSA) is 40.6 Å². The molecule has 9 rings (SSSR count). The van der Waals surface area contributed by atoms with E-state index in [9.17, 15) is 0 Å². The zero-order valence-corrected chi connectivity index (χ0v) is 30.6. The number of aromatic nitrogens is 5. The van der Waals surface area contributed by atoms with Crippen molar-refractivity contribution in [3.05, 3.63) is 151 Å². The van der Waals surface area contributed by atoms with E-state index in [0.29, 0.717) is 11.8 Å². The molecule has 5 nitrogen and oxygen atoms in total. The summed E-state index contributed by atoms with van der Waals surface area (Å²) in [6, 6.07) is 46.1. The molecule has 0 saturated heterocycles. The van der Waals surface area contributed by atoms with Crippen LogP contribution in [0, 0.1) is 12.1 Å². The summed E-state index contributed by atoms with van der Waals surface area (Å²) in [5.74, 6) is 0.809. The molecule has 0 N–H and O–H groups in total. The standard InChI is InChI=1S/C44H35N5.Pt/c1-28(2)34-16-10-17-35(29(3)4)43(34)30-26-46-47(27-30)31-12-9-13-32(24-31)48-40-19-7-5-14-36(40)38-22-21-33(25-42(38)48)49-41-20-8-6-15-37(41)39-18-11-23-45-44(39)49;/h5-23,26-29H,1-4H3;/q-2;+2. The van der Waals surface area contributed by atoms with Gasteiger partial charge in [0.25, 0.3) is 0 Å². The summed E-state index contributed by atoms with van der Waals surface area (Å²) >= 11 is 0. The van der Waals surface area contributed by atoms with Gasteiger partial charge in [-0.3, -0.25) is 4.68 Å². The minimum Gasteiger partial charge on any atom is -0.358 e. The summed E-state index contributed by atoms with van der Waals surface area (Å²) in [7, 11) is 0. The molecule has 9 aromatic rings. The minimum atomic E-state index is 0. The Morgan fingerprint density at radius 2 is 1.18 bits per heavy atom. The van der Waals surface area contributed by atoms with Crippen LogP contribution in [-0.4, -0.2) is 23.9 Å². The predicted molar refractivity (Wildman–Crippen MR) is 201 cm³/mol. The Morgan fingerprint density at radius 1 is 0.560 bits per heavy atom. The van der Waals surface area contributed by atoms with Gasteiger partial charge in [0.1, 0.15) is 5.65 Å². The third kappa shape index (κ3) is 5.03. The Labute approximate surface area is 306 Å². The van der Waals surface area contributed by atoms with E-state index in [2.05, 4.69) is 158 Å². The van der Waals surface area contributed by atoms with Crippen molar-refractivity contribution in [2.75, 3.05) is 0 Å². The first-order valence-electron chi connectivity index (χ1n) is 17.0. The van der Waals surface area contributed by atoms with Gasteiger partial charge in [0.15, 0.2) is 0 Å². The Morgan fingerprint density at radius 3 is 1.92 bits per heavy atom. The molecule has 0 spiro atoms. The van der Waals surface area contributed by atoms with Crippen molar-refractivity contribution >= 4 is 43.7 Å². The Bertz CT molecular complexity index is 2610. The molecule has 0 saturated carbocycles. The number of para-hydroxylation sites is 2. The van der Waals surface area contributed by atoms with Crippen molar-refractivity contribution in [1.29, 1.82) is 0 Å². The van der Waals surface area contributed by atoms with Gasteiger partial charge in [0.2, 0.25) is 0 Å². The summed E-state index contributed by atoms with van der Waals surface area (Å²) < 4.78 is 6.44. The summed E-state index contributed by atoms with van der Waals surface area (Å²) in [6.07, 6.45) is 6.00. The second kappa shape index (κ2) is 12.6.